The molecule has 2 fully saturated rings. The summed E-state index contributed by atoms with van der Waals surface area (Å²) in [5.74, 6) is 0.308. The molecule has 7 heteroatoms. The van der Waals surface area contributed by atoms with Crippen LogP contribution < -0.4 is 0 Å². The molecule has 0 aliphatic carbocycles. The molecule has 142 valence electrons. The minimum Gasteiger partial charge on any atom is -0.381 e. The van der Waals surface area contributed by atoms with Gasteiger partial charge in [0, 0.05) is 40.1 Å². The summed E-state index contributed by atoms with van der Waals surface area (Å²) in [5, 5.41) is 0.932. The van der Waals surface area contributed by atoms with Crippen LogP contribution in [0.25, 0.3) is 10.9 Å². The topological polar surface area (TPSA) is 28.3 Å². The van der Waals surface area contributed by atoms with Gasteiger partial charge in [0.25, 0.3) is 0 Å². The van der Waals surface area contributed by atoms with E-state index in [1.165, 1.54) is 12.0 Å². The van der Waals surface area contributed by atoms with Crippen molar-refractivity contribution in [2.24, 2.45) is 0 Å². The lowest BCUT2D eigenvalue weighted by Crippen LogP contribution is -2.27. The van der Waals surface area contributed by atoms with E-state index >= 15 is 0 Å². The second kappa shape index (κ2) is 7.09. The number of alkyl halides is 3. The largest absolute Gasteiger partial charge is 0.446 e. The highest BCUT2D eigenvalue weighted by atomic mass is 32.2. The SMILES string of the molecule is CN1CCC[C@@H]1Cc1c([C@@H]2CCOC2)[nH]c2ccc(SC(F)(F)F)cc12. The van der Waals surface area contributed by atoms with Gasteiger partial charge in [-0.25, -0.2) is 0 Å². The van der Waals surface area contributed by atoms with Gasteiger partial charge < -0.3 is 14.6 Å². The summed E-state index contributed by atoms with van der Waals surface area (Å²) < 4.78 is 44.0. The lowest BCUT2D eigenvalue weighted by atomic mass is 9.94. The standard InChI is InChI=1S/C19H23F3N2OS/c1-24-7-2-3-13(24)9-16-15-10-14(26-19(20,21)22)4-5-17(15)23-18(16)12-6-8-25-11-12/h4-5,10,12-13,23H,2-3,6-9,11H2,1H3/t12-,13-/m1/s1. The molecule has 0 amide bonds. The summed E-state index contributed by atoms with van der Waals surface area (Å²) in [6, 6.07) is 5.49. The minimum atomic E-state index is -4.27. The number of nitrogens with zero attached hydrogens (tertiary/aromatic N) is 1. The fourth-order valence-corrected chi connectivity index (χ4v) is 4.83. The second-order valence-electron chi connectivity index (χ2n) is 7.31. The summed E-state index contributed by atoms with van der Waals surface area (Å²) in [4.78, 5) is 6.11. The summed E-state index contributed by atoms with van der Waals surface area (Å²) in [7, 11) is 2.13. The lowest BCUT2D eigenvalue weighted by molar-refractivity contribution is -0.0328. The normalized spacial score (nSPS) is 24.8. The molecule has 3 heterocycles. The second-order valence-corrected chi connectivity index (χ2v) is 8.45. The summed E-state index contributed by atoms with van der Waals surface area (Å²) >= 11 is -0.0399. The molecule has 0 saturated carbocycles. The van der Waals surface area contributed by atoms with Gasteiger partial charge in [0.1, 0.15) is 0 Å². The van der Waals surface area contributed by atoms with Gasteiger partial charge in [-0.15, -0.1) is 0 Å². The Hall–Kier alpha value is -1.18. The number of rotatable bonds is 4. The van der Waals surface area contributed by atoms with Crippen molar-refractivity contribution in [1.82, 2.24) is 9.88 Å². The molecule has 1 aromatic heterocycles. The Morgan fingerprint density at radius 1 is 1.31 bits per heavy atom. The summed E-state index contributed by atoms with van der Waals surface area (Å²) in [6.07, 6.45) is 4.16. The van der Waals surface area contributed by atoms with Crippen LogP contribution >= 0.6 is 11.8 Å². The molecule has 2 saturated heterocycles. The van der Waals surface area contributed by atoms with Gasteiger partial charge in [-0.2, -0.15) is 13.2 Å². The van der Waals surface area contributed by atoms with Crippen LogP contribution in [-0.2, 0) is 11.2 Å². The van der Waals surface area contributed by atoms with E-state index in [4.69, 9.17) is 4.74 Å². The van der Waals surface area contributed by atoms with E-state index in [-0.39, 0.29) is 16.7 Å². The first-order valence-corrected chi connectivity index (χ1v) is 9.90. The number of H-pyrrole nitrogens is 1. The zero-order valence-electron chi connectivity index (χ0n) is 14.7. The van der Waals surface area contributed by atoms with Crippen molar-refractivity contribution >= 4 is 22.7 Å². The van der Waals surface area contributed by atoms with Crippen LogP contribution in [-0.4, -0.2) is 48.2 Å². The summed E-state index contributed by atoms with van der Waals surface area (Å²) in [5.41, 5.74) is -1.00. The Bertz CT molecular complexity index is 783. The van der Waals surface area contributed by atoms with E-state index in [0.29, 0.717) is 18.6 Å². The van der Waals surface area contributed by atoms with E-state index < -0.39 is 5.51 Å². The Morgan fingerprint density at radius 2 is 2.15 bits per heavy atom. The molecule has 2 aromatic rings. The molecular weight excluding hydrogens is 361 g/mol. The van der Waals surface area contributed by atoms with Crippen LogP contribution in [0.1, 0.15) is 36.4 Å². The molecule has 1 aromatic carbocycles. The zero-order valence-corrected chi connectivity index (χ0v) is 15.6. The number of benzene rings is 1. The molecule has 1 N–H and O–H groups in total. The minimum absolute atomic E-state index is 0.0399. The molecule has 2 atom stereocenters. The maximum atomic E-state index is 12.8. The molecule has 0 unspecified atom stereocenters. The molecule has 2 aliphatic rings. The molecule has 3 nitrogen and oxygen atoms in total. The van der Waals surface area contributed by atoms with Crippen molar-refractivity contribution in [2.75, 3.05) is 26.8 Å². The molecule has 0 bridgehead atoms. The first kappa shape index (κ1) is 18.2. The van der Waals surface area contributed by atoms with E-state index in [2.05, 4.69) is 16.9 Å². The quantitative estimate of drug-likeness (QED) is 0.759. The van der Waals surface area contributed by atoms with Gasteiger partial charge in [-0.1, -0.05) is 0 Å². The number of nitrogens with one attached hydrogen (secondary N) is 1. The monoisotopic (exact) mass is 384 g/mol. The first-order chi connectivity index (χ1) is 12.4. The average molecular weight is 384 g/mol. The highest BCUT2D eigenvalue weighted by Gasteiger charge is 2.31. The third-order valence-electron chi connectivity index (χ3n) is 5.59. The van der Waals surface area contributed by atoms with E-state index in [1.54, 1.807) is 18.2 Å². The van der Waals surface area contributed by atoms with Crippen molar-refractivity contribution in [1.29, 1.82) is 0 Å². The van der Waals surface area contributed by atoms with Crippen molar-refractivity contribution in [3.05, 3.63) is 29.5 Å². The van der Waals surface area contributed by atoms with Crippen LogP contribution in [0.15, 0.2) is 23.1 Å². The van der Waals surface area contributed by atoms with Gasteiger partial charge in [0.2, 0.25) is 0 Å². The Morgan fingerprint density at radius 3 is 2.81 bits per heavy atom. The molecule has 2 aliphatic heterocycles. The van der Waals surface area contributed by atoms with Gasteiger partial charge in [-0.3, -0.25) is 0 Å². The number of fused-ring (bicyclic) bond motifs is 1. The molecule has 4 rings (SSSR count). The Labute approximate surface area is 155 Å². The average Bonchev–Trinajstić information content (AvgIpc) is 3.28. The maximum Gasteiger partial charge on any atom is 0.446 e. The Balaban J connectivity index is 1.74. The highest BCUT2D eigenvalue weighted by molar-refractivity contribution is 8.00. The van der Waals surface area contributed by atoms with Crippen LogP contribution in [0.4, 0.5) is 13.2 Å². The van der Waals surface area contributed by atoms with Gasteiger partial charge in [0.05, 0.1) is 6.61 Å². The molecule has 0 radical (unpaired) electrons. The number of halogens is 3. The number of thioether (sulfide) groups is 1. The molecule has 0 spiro atoms. The third kappa shape index (κ3) is 3.75. The fraction of sp³-hybridized carbons (Fsp3) is 0.579. The number of aromatic amines is 1. The van der Waals surface area contributed by atoms with E-state index in [9.17, 15) is 13.2 Å². The van der Waals surface area contributed by atoms with Gasteiger partial charge in [-0.05, 0) is 74.8 Å². The fourth-order valence-electron chi connectivity index (χ4n) is 4.25. The molecular formula is C19H23F3N2OS. The predicted octanol–water partition coefficient (Wildman–Crippen LogP) is 4.92. The smallest absolute Gasteiger partial charge is 0.381 e. The van der Waals surface area contributed by atoms with Crippen molar-refractivity contribution in [3.8, 4) is 0 Å². The number of aromatic nitrogens is 1. The van der Waals surface area contributed by atoms with Crippen LogP contribution in [0.3, 0.4) is 0 Å². The number of hydrogen-bond acceptors (Lipinski definition) is 3. The number of ether oxygens (including phenoxy) is 1. The molecule has 26 heavy (non-hydrogen) atoms. The van der Waals surface area contributed by atoms with Crippen molar-refractivity contribution in [3.63, 3.8) is 0 Å². The van der Waals surface area contributed by atoms with Crippen LogP contribution in [0.2, 0.25) is 0 Å². The number of likely N-dealkylation sites (tertiary alicyclic amines) is 1. The van der Waals surface area contributed by atoms with Crippen molar-refractivity contribution < 1.29 is 17.9 Å². The van der Waals surface area contributed by atoms with Crippen molar-refractivity contribution in [2.45, 2.75) is 48.0 Å². The summed E-state index contributed by atoms with van der Waals surface area (Å²) in [6.45, 7) is 2.52. The highest BCUT2D eigenvalue weighted by Crippen LogP contribution is 2.40. The predicted molar refractivity (Wildman–Crippen MR) is 97.7 cm³/mol. The van der Waals surface area contributed by atoms with Crippen LogP contribution in [0, 0.1) is 0 Å². The lowest BCUT2D eigenvalue weighted by Gasteiger charge is -2.21. The number of hydrogen-bond donors (Lipinski definition) is 1. The van der Waals surface area contributed by atoms with Gasteiger partial charge >= 0.3 is 5.51 Å². The zero-order chi connectivity index (χ0) is 18.3. The first-order valence-electron chi connectivity index (χ1n) is 9.09. The van der Waals surface area contributed by atoms with Crippen LogP contribution in [0.5, 0.6) is 0 Å². The number of likely N-dealkylation sites (N-methyl/N-ethyl adjacent to an activating group) is 1. The maximum absolute atomic E-state index is 12.8. The third-order valence-corrected chi connectivity index (χ3v) is 6.31. The van der Waals surface area contributed by atoms with Gasteiger partial charge in [0.15, 0.2) is 0 Å². The van der Waals surface area contributed by atoms with E-state index in [0.717, 1.165) is 49.0 Å². The van der Waals surface area contributed by atoms with E-state index in [1.807, 2.05) is 0 Å². The Kier molecular flexibility index (Phi) is 4.96.